The van der Waals surface area contributed by atoms with E-state index in [4.69, 9.17) is 25.4 Å². The zero-order valence-corrected chi connectivity index (χ0v) is 23.6. The fourth-order valence-electron chi connectivity index (χ4n) is 4.50. The number of nitrogen functional groups attached to an aromatic ring is 1. The molecule has 1 fully saturated rings. The third kappa shape index (κ3) is 9.93. The summed E-state index contributed by atoms with van der Waals surface area (Å²) in [5, 5.41) is 10.9. The number of hydrogen-bond acceptors (Lipinski definition) is 9. The van der Waals surface area contributed by atoms with Crippen LogP contribution in [0, 0.1) is 11.3 Å². The highest BCUT2D eigenvalue weighted by Gasteiger charge is 2.27. The van der Waals surface area contributed by atoms with Gasteiger partial charge in [-0.1, -0.05) is 12.1 Å². The van der Waals surface area contributed by atoms with Crippen LogP contribution < -0.4 is 20.7 Å². The Hall–Kier alpha value is -4.41. The van der Waals surface area contributed by atoms with Crippen LogP contribution >= 0.6 is 0 Å². The first-order valence-electron chi connectivity index (χ1n) is 13.9. The van der Waals surface area contributed by atoms with E-state index in [1.54, 1.807) is 50.5 Å². The Bertz CT molecular complexity index is 1210. The van der Waals surface area contributed by atoms with Gasteiger partial charge in [0.2, 0.25) is 5.91 Å². The summed E-state index contributed by atoms with van der Waals surface area (Å²) in [6.07, 6.45) is 8.19. The predicted molar refractivity (Wildman–Crippen MR) is 156 cm³/mol. The van der Waals surface area contributed by atoms with Gasteiger partial charge in [-0.05, 0) is 57.4 Å². The molecule has 2 heterocycles. The number of carbonyl (C=O) groups excluding carboxylic acids is 3. The van der Waals surface area contributed by atoms with E-state index in [2.05, 4.69) is 15.2 Å². The van der Waals surface area contributed by atoms with Crippen LogP contribution in [0.5, 0.6) is 5.75 Å². The molecule has 4 N–H and O–H groups in total. The number of anilines is 1. The largest absolute Gasteiger partial charge is 0.491 e. The van der Waals surface area contributed by atoms with Gasteiger partial charge in [-0.2, -0.15) is 0 Å². The van der Waals surface area contributed by atoms with Crippen LogP contribution in [0.2, 0.25) is 0 Å². The molecule has 11 heteroatoms. The van der Waals surface area contributed by atoms with Crippen LogP contribution in [0.1, 0.15) is 50.7 Å². The van der Waals surface area contributed by atoms with E-state index < -0.39 is 12.0 Å². The number of rotatable bonds is 14. The van der Waals surface area contributed by atoms with Crippen molar-refractivity contribution in [1.82, 2.24) is 10.3 Å². The zero-order valence-electron chi connectivity index (χ0n) is 23.6. The van der Waals surface area contributed by atoms with Crippen molar-refractivity contribution < 1.29 is 28.6 Å². The number of aromatic nitrogens is 1. The standard InChI is InChI=1S/C30H39N5O6/c1-3-39-27(36)9-7-21-5-6-23(29(31)32)19-26(21)41-20-24(8-10-28(37)40-4-2)34-30(38)22-13-17-35(18-14-22)25-11-15-33-16-12-25/h5-7,9,11-12,15-16,19,22,24H,3-4,8,10,13-14,17-18,20H2,1-2H3,(H3,31,32)(H,34,38)/t24-/m0/s1. The Morgan fingerprint density at radius 2 is 1.83 bits per heavy atom. The lowest BCUT2D eigenvalue weighted by molar-refractivity contribution is -0.143. The number of amides is 1. The smallest absolute Gasteiger partial charge is 0.330 e. The highest BCUT2D eigenvalue weighted by Crippen LogP contribution is 2.25. The molecule has 1 aliphatic rings. The SMILES string of the molecule is CCOC(=O)C=Cc1ccc(C(=N)N)cc1OC[C@H](CCC(=O)OCC)NC(=O)C1CCN(c2ccncc2)CC1. The van der Waals surface area contributed by atoms with Gasteiger partial charge in [0.1, 0.15) is 18.2 Å². The van der Waals surface area contributed by atoms with Crippen molar-refractivity contribution in [2.24, 2.45) is 11.7 Å². The summed E-state index contributed by atoms with van der Waals surface area (Å²) < 4.78 is 16.1. The second-order valence-corrected chi connectivity index (χ2v) is 9.58. The summed E-state index contributed by atoms with van der Waals surface area (Å²) in [7, 11) is 0. The van der Waals surface area contributed by atoms with Gasteiger partial charge in [0.15, 0.2) is 0 Å². The van der Waals surface area contributed by atoms with Gasteiger partial charge in [-0.15, -0.1) is 0 Å². The number of piperidine rings is 1. The number of carbonyl (C=O) groups is 3. The molecule has 0 bridgehead atoms. The first-order chi connectivity index (χ1) is 19.8. The Labute approximate surface area is 240 Å². The van der Waals surface area contributed by atoms with Gasteiger partial charge in [-0.25, -0.2) is 4.79 Å². The summed E-state index contributed by atoms with van der Waals surface area (Å²) in [5.41, 5.74) is 7.78. The number of ether oxygens (including phenoxy) is 3. The molecule has 1 atom stereocenters. The van der Waals surface area contributed by atoms with Crippen molar-refractivity contribution in [3.8, 4) is 5.75 Å². The van der Waals surface area contributed by atoms with Crippen LogP contribution in [-0.4, -0.2) is 67.6 Å². The average Bonchev–Trinajstić information content (AvgIpc) is 2.98. The van der Waals surface area contributed by atoms with E-state index in [9.17, 15) is 14.4 Å². The number of nitrogens with one attached hydrogen (secondary N) is 2. The van der Waals surface area contributed by atoms with Gasteiger partial charge in [-0.3, -0.25) is 20.0 Å². The number of benzene rings is 1. The molecule has 1 amide bonds. The van der Waals surface area contributed by atoms with Gasteiger partial charge in [0, 0.05) is 60.7 Å². The topological polar surface area (TPSA) is 157 Å². The molecule has 3 rings (SSSR count). The number of hydrogen-bond donors (Lipinski definition) is 3. The van der Waals surface area contributed by atoms with Gasteiger partial charge >= 0.3 is 11.9 Å². The van der Waals surface area contributed by atoms with Crippen LogP contribution in [0.3, 0.4) is 0 Å². The van der Waals surface area contributed by atoms with E-state index in [1.165, 1.54) is 6.08 Å². The molecule has 1 aliphatic heterocycles. The van der Waals surface area contributed by atoms with E-state index in [0.717, 1.165) is 18.8 Å². The molecule has 1 aromatic carbocycles. The number of pyridine rings is 1. The average molecular weight is 566 g/mol. The maximum Gasteiger partial charge on any atom is 0.330 e. The third-order valence-electron chi connectivity index (χ3n) is 6.69. The van der Waals surface area contributed by atoms with Crippen LogP contribution in [-0.2, 0) is 23.9 Å². The highest BCUT2D eigenvalue weighted by molar-refractivity contribution is 5.96. The molecule has 0 aliphatic carbocycles. The minimum Gasteiger partial charge on any atom is -0.491 e. The van der Waals surface area contributed by atoms with Crippen LogP contribution in [0.4, 0.5) is 5.69 Å². The highest BCUT2D eigenvalue weighted by atomic mass is 16.5. The molecular weight excluding hydrogens is 526 g/mol. The number of nitrogens with two attached hydrogens (primary N) is 1. The molecule has 1 saturated heterocycles. The fraction of sp³-hybridized carbons (Fsp3) is 0.433. The second-order valence-electron chi connectivity index (χ2n) is 9.58. The minimum atomic E-state index is -0.497. The zero-order chi connectivity index (χ0) is 29.6. The van der Waals surface area contributed by atoms with Crippen molar-refractivity contribution in [2.75, 3.05) is 37.8 Å². The molecule has 2 aromatic rings. The summed E-state index contributed by atoms with van der Waals surface area (Å²) in [4.78, 5) is 43.5. The molecule has 220 valence electrons. The molecule has 11 nitrogen and oxygen atoms in total. The molecule has 0 saturated carbocycles. The van der Waals surface area contributed by atoms with Crippen molar-refractivity contribution in [1.29, 1.82) is 5.41 Å². The third-order valence-corrected chi connectivity index (χ3v) is 6.69. The van der Waals surface area contributed by atoms with E-state index in [0.29, 0.717) is 36.1 Å². The Balaban J connectivity index is 1.69. The monoisotopic (exact) mass is 565 g/mol. The van der Waals surface area contributed by atoms with Crippen LogP contribution in [0.25, 0.3) is 6.08 Å². The normalized spacial score (nSPS) is 14.3. The summed E-state index contributed by atoms with van der Waals surface area (Å²) in [6.45, 7) is 5.54. The summed E-state index contributed by atoms with van der Waals surface area (Å²) in [6, 6.07) is 8.38. The lowest BCUT2D eigenvalue weighted by atomic mass is 9.95. The lowest BCUT2D eigenvalue weighted by Gasteiger charge is -2.33. The molecule has 0 unspecified atom stereocenters. The Morgan fingerprint density at radius 3 is 2.49 bits per heavy atom. The Kier molecular flexibility index (Phi) is 12.1. The maximum atomic E-state index is 13.3. The van der Waals surface area contributed by atoms with E-state index >= 15 is 0 Å². The van der Waals surface area contributed by atoms with E-state index in [1.807, 2.05) is 12.1 Å². The van der Waals surface area contributed by atoms with Crippen molar-refractivity contribution in [3.05, 3.63) is 59.9 Å². The van der Waals surface area contributed by atoms with Crippen molar-refractivity contribution in [2.45, 2.75) is 45.6 Å². The molecule has 1 aromatic heterocycles. The Morgan fingerprint density at radius 1 is 1.12 bits per heavy atom. The predicted octanol–water partition coefficient (Wildman–Crippen LogP) is 3.07. The molecule has 0 spiro atoms. The van der Waals surface area contributed by atoms with Crippen molar-refractivity contribution in [3.63, 3.8) is 0 Å². The lowest BCUT2D eigenvalue weighted by Crippen LogP contribution is -2.46. The van der Waals surface area contributed by atoms with Gasteiger partial charge < -0.3 is 30.2 Å². The number of amidine groups is 1. The van der Waals surface area contributed by atoms with Crippen molar-refractivity contribution >= 4 is 35.4 Å². The summed E-state index contributed by atoms with van der Waals surface area (Å²) in [5.74, 6) is -0.864. The number of nitrogens with zero attached hydrogens (tertiary/aromatic N) is 2. The first-order valence-corrected chi connectivity index (χ1v) is 13.9. The molecule has 0 radical (unpaired) electrons. The van der Waals surface area contributed by atoms with E-state index in [-0.39, 0.29) is 49.9 Å². The fourth-order valence-corrected chi connectivity index (χ4v) is 4.50. The summed E-state index contributed by atoms with van der Waals surface area (Å²) >= 11 is 0. The second kappa shape index (κ2) is 16.0. The van der Waals surface area contributed by atoms with Gasteiger partial charge in [0.25, 0.3) is 0 Å². The first kappa shape index (κ1) is 31.1. The molecule has 41 heavy (non-hydrogen) atoms. The molecular formula is C30H39N5O6. The maximum absolute atomic E-state index is 13.3. The minimum absolute atomic E-state index is 0.0581. The van der Waals surface area contributed by atoms with Gasteiger partial charge in [0.05, 0.1) is 19.3 Å². The van der Waals surface area contributed by atoms with Crippen LogP contribution in [0.15, 0.2) is 48.8 Å². The number of esters is 2. The quantitative estimate of drug-likeness (QED) is 0.136.